The van der Waals surface area contributed by atoms with Crippen LogP contribution in [0.2, 0.25) is 0 Å². The van der Waals surface area contributed by atoms with Gasteiger partial charge in [0, 0.05) is 5.69 Å². The highest BCUT2D eigenvalue weighted by atomic mass is 35.5. The van der Waals surface area contributed by atoms with Gasteiger partial charge >= 0.3 is 0 Å². The van der Waals surface area contributed by atoms with Gasteiger partial charge in [-0.25, -0.2) is 4.90 Å². The fourth-order valence-electron chi connectivity index (χ4n) is 2.81. The Hall–Kier alpha value is -2.59. The van der Waals surface area contributed by atoms with Gasteiger partial charge in [0.05, 0.1) is 5.69 Å². The molecule has 0 aromatic heterocycles. The summed E-state index contributed by atoms with van der Waals surface area (Å²) in [6, 6.07) is 15.0. The zero-order valence-corrected chi connectivity index (χ0v) is 14.9. The number of carbonyl (C=O) groups excluding carboxylic acids is 2. The molecule has 2 aromatic rings. The number of anilines is 2. The molecule has 0 bridgehead atoms. The maximum absolute atomic E-state index is 12.8. The van der Waals surface area contributed by atoms with Crippen molar-refractivity contribution in [2.45, 2.75) is 26.7 Å². The lowest BCUT2D eigenvalue weighted by Gasteiger charge is -2.16. The van der Waals surface area contributed by atoms with Gasteiger partial charge in [-0.05, 0) is 42.2 Å². The van der Waals surface area contributed by atoms with Gasteiger partial charge in [-0.1, -0.05) is 55.8 Å². The molecule has 4 nitrogen and oxygen atoms in total. The highest BCUT2D eigenvalue weighted by Gasteiger charge is 2.39. The minimum atomic E-state index is -0.507. The minimum absolute atomic E-state index is 0.0875. The monoisotopic (exact) mass is 354 g/mol. The second kappa shape index (κ2) is 7.11. The van der Waals surface area contributed by atoms with Crippen molar-refractivity contribution in [3.05, 3.63) is 70.4 Å². The van der Waals surface area contributed by atoms with Crippen molar-refractivity contribution in [2.75, 3.05) is 10.2 Å². The van der Waals surface area contributed by atoms with Crippen LogP contribution in [0.4, 0.5) is 11.4 Å². The Balaban J connectivity index is 1.91. The number of halogens is 1. The largest absolute Gasteiger partial charge is 0.349 e. The summed E-state index contributed by atoms with van der Waals surface area (Å²) in [6.45, 7) is 4.08. The Morgan fingerprint density at radius 3 is 2.24 bits per heavy atom. The van der Waals surface area contributed by atoms with Gasteiger partial charge in [-0.3, -0.25) is 9.59 Å². The van der Waals surface area contributed by atoms with Crippen LogP contribution in [0.25, 0.3) is 0 Å². The van der Waals surface area contributed by atoms with E-state index >= 15 is 0 Å². The maximum Gasteiger partial charge on any atom is 0.283 e. The third-order valence-corrected chi connectivity index (χ3v) is 4.64. The molecule has 0 saturated heterocycles. The molecule has 1 aliphatic heterocycles. The van der Waals surface area contributed by atoms with Gasteiger partial charge in [0.2, 0.25) is 0 Å². The predicted molar refractivity (Wildman–Crippen MR) is 101 cm³/mol. The molecule has 0 fully saturated rings. The van der Waals surface area contributed by atoms with Crippen molar-refractivity contribution in [3.8, 4) is 0 Å². The molecule has 1 heterocycles. The number of imide groups is 1. The van der Waals surface area contributed by atoms with Gasteiger partial charge < -0.3 is 5.32 Å². The van der Waals surface area contributed by atoms with Crippen LogP contribution in [0.5, 0.6) is 0 Å². The number of aryl methyl sites for hydroxylation is 2. The Kier molecular flexibility index (Phi) is 4.91. The molecule has 2 aromatic carbocycles. The van der Waals surface area contributed by atoms with Crippen molar-refractivity contribution in [1.29, 1.82) is 0 Å². The smallest absolute Gasteiger partial charge is 0.283 e. The number of benzene rings is 2. The van der Waals surface area contributed by atoms with Crippen molar-refractivity contribution in [2.24, 2.45) is 0 Å². The van der Waals surface area contributed by atoms with E-state index in [4.69, 9.17) is 11.6 Å². The lowest BCUT2D eigenvalue weighted by atomic mass is 10.1. The minimum Gasteiger partial charge on any atom is -0.349 e. The van der Waals surface area contributed by atoms with Gasteiger partial charge in [-0.15, -0.1) is 0 Å². The third-order valence-electron chi connectivity index (χ3n) is 4.29. The van der Waals surface area contributed by atoms with E-state index in [1.807, 2.05) is 50.2 Å². The van der Waals surface area contributed by atoms with Crippen LogP contribution in [0.1, 0.15) is 25.0 Å². The van der Waals surface area contributed by atoms with E-state index in [2.05, 4.69) is 5.32 Å². The third kappa shape index (κ3) is 3.17. The second-order valence-corrected chi connectivity index (χ2v) is 6.17. The number of nitrogens with zero attached hydrogens (tertiary/aromatic N) is 1. The summed E-state index contributed by atoms with van der Waals surface area (Å²) in [4.78, 5) is 26.4. The fraction of sp³-hybridized carbons (Fsp3) is 0.200. The Bertz CT molecular complexity index is 856. The molecule has 0 atom stereocenters. The highest BCUT2D eigenvalue weighted by Crippen LogP contribution is 2.31. The van der Waals surface area contributed by atoms with E-state index in [0.717, 1.165) is 34.6 Å². The second-order valence-electron chi connectivity index (χ2n) is 5.79. The SMILES string of the molecule is CCc1ccc(N2C(=O)C(Cl)=C(Nc3ccccc3CC)C2=O)cc1. The van der Waals surface area contributed by atoms with E-state index in [-0.39, 0.29) is 10.7 Å². The number of nitrogens with one attached hydrogen (secondary N) is 1. The lowest BCUT2D eigenvalue weighted by Crippen LogP contribution is -2.32. The first-order valence-electron chi connectivity index (χ1n) is 8.29. The summed E-state index contributed by atoms with van der Waals surface area (Å²) < 4.78 is 0. The summed E-state index contributed by atoms with van der Waals surface area (Å²) >= 11 is 6.18. The van der Waals surface area contributed by atoms with Crippen LogP contribution in [-0.4, -0.2) is 11.8 Å². The first kappa shape index (κ1) is 17.2. The first-order chi connectivity index (χ1) is 12.1. The number of hydrogen-bond acceptors (Lipinski definition) is 3. The molecule has 0 spiro atoms. The van der Waals surface area contributed by atoms with E-state index in [0.29, 0.717) is 5.69 Å². The molecule has 1 N–H and O–H groups in total. The molecule has 2 amide bonds. The summed E-state index contributed by atoms with van der Waals surface area (Å²) in [7, 11) is 0. The van der Waals surface area contributed by atoms with Crippen LogP contribution in [0, 0.1) is 0 Å². The Labute approximate surface area is 152 Å². The summed E-state index contributed by atoms with van der Waals surface area (Å²) in [5.41, 5.74) is 3.60. The zero-order valence-electron chi connectivity index (χ0n) is 14.2. The topological polar surface area (TPSA) is 49.4 Å². The molecule has 128 valence electrons. The number of para-hydroxylation sites is 1. The molecule has 0 aliphatic carbocycles. The van der Waals surface area contributed by atoms with Gasteiger partial charge in [-0.2, -0.15) is 0 Å². The van der Waals surface area contributed by atoms with E-state index in [9.17, 15) is 9.59 Å². The first-order valence-corrected chi connectivity index (χ1v) is 8.67. The maximum atomic E-state index is 12.8. The quantitative estimate of drug-likeness (QED) is 0.817. The summed E-state index contributed by atoms with van der Waals surface area (Å²) in [6.07, 6.45) is 1.69. The van der Waals surface area contributed by atoms with Crippen LogP contribution in [0.3, 0.4) is 0 Å². The van der Waals surface area contributed by atoms with Crippen molar-refractivity contribution in [3.63, 3.8) is 0 Å². The molecular formula is C20H19ClN2O2. The van der Waals surface area contributed by atoms with Crippen molar-refractivity contribution >= 4 is 34.8 Å². The lowest BCUT2D eigenvalue weighted by molar-refractivity contribution is -0.120. The molecule has 0 radical (unpaired) electrons. The van der Waals surface area contributed by atoms with Gasteiger partial charge in [0.25, 0.3) is 11.8 Å². The summed E-state index contributed by atoms with van der Waals surface area (Å²) in [5, 5.41) is 2.96. The molecule has 0 saturated carbocycles. The van der Waals surface area contributed by atoms with E-state index in [1.54, 1.807) is 12.1 Å². The molecule has 1 aliphatic rings. The van der Waals surface area contributed by atoms with Crippen LogP contribution >= 0.6 is 11.6 Å². The normalized spacial score (nSPS) is 14.4. The van der Waals surface area contributed by atoms with Gasteiger partial charge in [0.1, 0.15) is 10.7 Å². The molecular weight excluding hydrogens is 336 g/mol. The summed E-state index contributed by atoms with van der Waals surface area (Å²) in [5.74, 6) is -0.947. The Morgan fingerprint density at radius 1 is 0.920 bits per heavy atom. The highest BCUT2D eigenvalue weighted by molar-refractivity contribution is 6.53. The van der Waals surface area contributed by atoms with E-state index in [1.165, 1.54) is 0 Å². The molecule has 0 unspecified atom stereocenters. The standard InChI is InChI=1S/C20H19ClN2O2/c1-3-13-9-11-15(12-10-13)23-19(24)17(21)18(20(23)25)22-16-8-6-5-7-14(16)4-2/h5-12,22H,3-4H2,1-2H3. The van der Waals surface area contributed by atoms with Crippen molar-refractivity contribution < 1.29 is 9.59 Å². The van der Waals surface area contributed by atoms with E-state index < -0.39 is 11.8 Å². The van der Waals surface area contributed by atoms with Crippen LogP contribution in [-0.2, 0) is 22.4 Å². The molecule has 25 heavy (non-hydrogen) atoms. The number of amides is 2. The Morgan fingerprint density at radius 2 is 1.60 bits per heavy atom. The molecule has 3 rings (SSSR count). The number of rotatable bonds is 5. The fourth-order valence-corrected chi connectivity index (χ4v) is 3.02. The van der Waals surface area contributed by atoms with Crippen LogP contribution < -0.4 is 10.2 Å². The van der Waals surface area contributed by atoms with Gasteiger partial charge in [0.15, 0.2) is 0 Å². The average Bonchev–Trinajstić information content (AvgIpc) is 2.86. The molecule has 5 heteroatoms. The van der Waals surface area contributed by atoms with Crippen LogP contribution in [0.15, 0.2) is 59.3 Å². The number of hydrogen-bond donors (Lipinski definition) is 1. The average molecular weight is 355 g/mol. The predicted octanol–water partition coefficient (Wildman–Crippen LogP) is 4.25. The van der Waals surface area contributed by atoms with Crippen molar-refractivity contribution in [1.82, 2.24) is 0 Å². The number of carbonyl (C=O) groups is 2. The zero-order chi connectivity index (χ0) is 18.0.